The van der Waals surface area contributed by atoms with E-state index < -0.39 is 0 Å². The quantitative estimate of drug-likeness (QED) is 0.821. The van der Waals surface area contributed by atoms with Gasteiger partial charge in [0, 0.05) is 18.7 Å². The minimum atomic E-state index is -0.196. The number of unbranched alkanes of at least 4 members (excludes halogenated alkanes) is 1. The van der Waals surface area contributed by atoms with Crippen LogP contribution < -0.4 is 0 Å². The number of nitrogens with zero attached hydrogens (tertiary/aromatic N) is 2. The second-order valence-corrected chi connectivity index (χ2v) is 6.79. The first-order valence-electron chi connectivity index (χ1n) is 8.85. The molecular weight excluding hydrogens is 260 g/mol. The Balaban J connectivity index is 1.83. The van der Waals surface area contributed by atoms with Gasteiger partial charge in [-0.25, -0.2) is 0 Å². The Kier molecular flexibility index (Phi) is 6.28. The minimum absolute atomic E-state index is 0.196. The highest BCUT2D eigenvalue weighted by Crippen LogP contribution is 2.34. The van der Waals surface area contributed by atoms with Crippen molar-refractivity contribution >= 4 is 0 Å². The lowest BCUT2D eigenvalue weighted by Crippen LogP contribution is -2.28. The van der Waals surface area contributed by atoms with E-state index in [1.54, 1.807) is 0 Å². The molecule has 1 unspecified atom stereocenters. The summed E-state index contributed by atoms with van der Waals surface area (Å²) in [5.41, 5.74) is 2.25. The summed E-state index contributed by atoms with van der Waals surface area (Å²) < 4.78 is 2.03. The third kappa shape index (κ3) is 4.57. The van der Waals surface area contributed by atoms with Crippen LogP contribution in [0.2, 0.25) is 0 Å². The summed E-state index contributed by atoms with van der Waals surface area (Å²) in [6.45, 7) is 7.30. The minimum Gasteiger partial charge on any atom is -0.392 e. The first kappa shape index (κ1) is 16.5. The van der Waals surface area contributed by atoms with Crippen molar-refractivity contribution in [3.8, 4) is 0 Å². The number of hydrogen-bond acceptors (Lipinski definition) is 2. The van der Waals surface area contributed by atoms with Gasteiger partial charge >= 0.3 is 0 Å². The largest absolute Gasteiger partial charge is 0.392 e. The number of hydrogen-bond donors (Lipinski definition) is 1. The maximum Gasteiger partial charge on any atom is 0.0623 e. The molecule has 1 heterocycles. The molecule has 3 nitrogen and oxygen atoms in total. The van der Waals surface area contributed by atoms with Gasteiger partial charge in [-0.1, -0.05) is 39.0 Å². The van der Waals surface area contributed by atoms with E-state index in [2.05, 4.69) is 25.0 Å². The van der Waals surface area contributed by atoms with Gasteiger partial charge in [0.15, 0.2) is 0 Å². The van der Waals surface area contributed by atoms with Crippen molar-refractivity contribution in [2.75, 3.05) is 0 Å². The Hall–Kier alpha value is -0.830. The molecule has 21 heavy (non-hydrogen) atoms. The molecule has 1 fully saturated rings. The van der Waals surface area contributed by atoms with Crippen molar-refractivity contribution in [1.29, 1.82) is 0 Å². The van der Waals surface area contributed by atoms with Crippen molar-refractivity contribution in [2.24, 2.45) is 11.8 Å². The van der Waals surface area contributed by atoms with Crippen LogP contribution in [0.5, 0.6) is 0 Å². The van der Waals surface area contributed by atoms with Gasteiger partial charge in [0.25, 0.3) is 0 Å². The van der Waals surface area contributed by atoms with E-state index >= 15 is 0 Å². The van der Waals surface area contributed by atoms with E-state index in [1.165, 1.54) is 50.6 Å². The lowest BCUT2D eigenvalue weighted by Gasteiger charge is -2.31. The first-order chi connectivity index (χ1) is 10.1. The van der Waals surface area contributed by atoms with Crippen LogP contribution in [-0.4, -0.2) is 21.0 Å². The third-order valence-electron chi connectivity index (χ3n) is 5.10. The van der Waals surface area contributed by atoms with Gasteiger partial charge in [-0.15, -0.1) is 0 Å². The van der Waals surface area contributed by atoms with Crippen molar-refractivity contribution < 1.29 is 5.11 Å². The van der Waals surface area contributed by atoms with Gasteiger partial charge < -0.3 is 5.11 Å². The van der Waals surface area contributed by atoms with Gasteiger partial charge in [-0.3, -0.25) is 4.68 Å². The Morgan fingerprint density at radius 1 is 1.29 bits per heavy atom. The fourth-order valence-corrected chi connectivity index (χ4v) is 3.77. The van der Waals surface area contributed by atoms with Crippen LogP contribution in [0.4, 0.5) is 0 Å². The molecule has 0 bridgehead atoms. The summed E-state index contributed by atoms with van der Waals surface area (Å²) in [4.78, 5) is 0. The van der Waals surface area contributed by atoms with E-state index in [4.69, 9.17) is 0 Å². The molecular formula is C18H32N2O. The van der Waals surface area contributed by atoms with Crippen LogP contribution in [0.3, 0.4) is 0 Å². The monoisotopic (exact) mass is 292 g/mol. The number of aromatic nitrogens is 2. The SMILES string of the molecule is CCCCC1CCC(C(O)Cc2cc(C)nn2CC)CC1. The van der Waals surface area contributed by atoms with E-state index in [0.717, 1.165) is 24.6 Å². The summed E-state index contributed by atoms with van der Waals surface area (Å²) in [5.74, 6) is 1.40. The molecule has 1 aliphatic carbocycles. The first-order valence-corrected chi connectivity index (χ1v) is 8.85. The topological polar surface area (TPSA) is 38.1 Å². The molecule has 1 aromatic rings. The number of aliphatic hydroxyl groups is 1. The average Bonchev–Trinajstić information content (AvgIpc) is 2.85. The molecule has 1 aliphatic rings. The zero-order chi connectivity index (χ0) is 15.2. The van der Waals surface area contributed by atoms with E-state index in [0.29, 0.717) is 5.92 Å². The Labute approximate surface area is 129 Å². The summed E-state index contributed by atoms with van der Waals surface area (Å²) in [6, 6.07) is 2.12. The summed E-state index contributed by atoms with van der Waals surface area (Å²) >= 11 is 0. The molecule has 0 aliphatic heterocycles. The lowest BCUT2D eigenvalue weighted by molar-refractivity contribution is 0.0710. The Morgan fingerprint density at radius 2 is 2.00 bits per heavy atom. The molecule has 120 valence electrons. The molecule has 0 spiro atoms. The summed E-state index contributed by atoms with van der Waals surface area (Å²) in [6.07, 6.45) is 9.67. The number of aliphatic hydroxyl groups excluding tert-OH is 1. The van der Waals surface area contributed by atoms with Crippen LogP contribution in [0, 0.1) is 18.8 Å². The van der Waals surface area contributed by atoms with Crippen LogP contribution >= 0.6 is 0 Å². The van der Waals surface area contributed by atoms with Gasteiger partial charge in [0.1, 0.15) is 0 Å². The highest BCUT2D eigenvalue weighted by atomic mass is 16.3. The van der Waals surface area contributed by atoms with E-state index in [9.17, 15) is 5.11 Å². The summed E-state index contributed by atoms with van der Waals surface area (Å²) in [7, 11) is 0. The molecule has 0 saturated heterocycles. The number of aryl methyl sites for hydroxylation is 2. The lowest BCUT2D eigenvalue weighted by atomic mass is 9.77. The molecule has 1 saturated carbocycles. The molecule has 0 amide bonds. The maximum atomic E-state index is 10.6. The Bertz CT molecular complexity index is 419. The molecule has 1 N–H and O–H groups in total. The maximum absolute atomic E-state index is 10.6. The van der Waals surface area contributed by atoms with Gasteiger partial charge in [0.05, 0.1) is 11.8 Å². The molecule has 1 aromatic heterocycles. The third-order valence-corrected chi connectivity index (χ3v) is 5.10. The van der Waals surface area contributed by atoms with Crippen LogP contribution in [0.1, 0.15) is 70.2 Å². The van der Waals surface area contributed by atoms with Crippen LogP contribution in [0.15, 0.2) is 6.07 Å². The smallest absolute Gasteiger partial charge is 0.0623 e. The van der Waals surface area contributed by atoms with Crippen LogP contribution in [-0.2, 0) is 13.0 Å². The zero-order valence-corrected chi connectivity index (χ0v) is 14.0. The molecule has 0 aromatic carbocycles. The molecule has 3 heteroatoms. The van der Waals surface area contributed by atoms with E-state index in [-0.39, 0.29) is 6.10 Å². The van der Waals surface area contributed by atoms with Crippen LogP contribution in [0.25, 0.3) is 0 Å². The standard InChI is InChI=1S/C18H32N2O/c1-4-6-7-15-8-10-16(11-9-15)18(21)13-17-12-14(3)19-20(17)5-2/h12,15-16,18,21H,4-11,13H2,1-3H3. The Morgan fingerprint density at radius 3 is 2.62 bits per heavy atom. The summed E-state index contributed by atoms with van der Waals surface area (Å²) in [5, 5.41) is 15.1. The molecule has 1 atom stereocenters. The average molecular weight is 292 g/mol. The molecule has 2 rings (SSSR count). The van der Waals surface area contributed by atoms with Gasteiger partial charge in [-0.05, 0) is 44.6 Å². The molecule has 0 radical (unpaired) electrons. The highest BCUT2D eigenvalue weighted by Gasteiger charge is 2.27. The van der Waals surface area contributed by atoms with E-state index in [1.807, 2.05) is 11.6 Å². The number of rotatable bonds is 7. The second kappa shape index (κ2) is 7.98. The van der Waals surface area contributed by atoms with Crippen molar-refractivity contribution in [3.05, 3.63) is 17.5 Å². The second-order valence-electron chi connectivity index (χ2n) is 6.79. The van der Waals surface area contributed by atoms with Crippen molar-refractivity contribution in [3.63, 3.8) is 0 Å². The predicted octanol–water partition coefficient (Wildman–Crippen LogP) is 4.11. The van der Waals surface area contributed by atoms with Gasteiger partial charge in [-0.2, -0.15) is 5.10 Å². The fraction of sp³-hybridized carbons (Fsp3) is 0.833. The van der Waals surface area contributed by atoms with Gasteiger partial charge in [0.2, 0.25) is 0 Å². The van der Waals surface area contributed by atoms with Crippen molar-refractivity contribution in [2.45, 2.75) is 84.8 Å². The predicted molar refractivity (Wildman–Crippen MR) is 87.3 cm³/mol. The normalized spacial score (nSPS) is 24.2. The van der Waals surface area contributed by atoms with Crippen molar-refractivity contribution in [1.82, 2.24) is 9.78 Å². The highest BCUT2D eigenvalue weighted by molar-refractivity contribution is 5.10. The fourth-order valence-electron chi connectivity index (χ4n) is 3.77. The zero-order valence-electron chi connectivity index (χ0n) is 14.0.